The normalized spacial score (nSPS) is 18.8. The van der Waals surface area contributed by atoms with Crippen LogP contribution in [0.25, 0.3) is 0 Å². The zero-order valence-electron chi connectivity index (χ0n) is 20.3. The second-order valence-electron chi connectivity index (χ2n) is 8.90. The average molecular weight is 530 g/mol. The third-order valence-corrected chi connectivity index (χ3v) is 7.62. The first-order valence-corrected chi connectivity index (χ1v) is 13.6. The third-order valence-electron chi connectivity index (χ3n) is 6.16. The van der Waals surface area contributed by atoms with Gasteiger partial charge in [-0.05, 0) is 55.7 Å². The highest BCUT2D eigenvalue weighted by molar-refractivity contribution is 7.89. The van der Waals surface area contributed by atoms with Crippen molar-refractivity contribution < 1.29 is 23.1 Å². The van der Waals surface area contributed by atoms with Crippen molar-refractivity contribution in [1.29, 1.82) is 0 Å². The number of carboxylic acid groups (broad SMARTS) is 1. The number of carbonyl (C=O) groups excluding carboxylic acids is 1. The van der Waals surface area contributed by atoms with Gasteiger partial charge < -0.3 is 26.0 Å². The predicted octanol–water partition coefficient (Wildman–Crippen LogP) is 0.151. The quantitative estimate of drug-likeness (QED) is 0.304. The Kier molecular flexibility index (Phi) is 8.56. The Morgan fingerprint density at radius 1 is 1.19 bits per heavy atom. The number of nitrogens with zero attached hydrogens (tertiary/aromatic N) is 3. The summed E-state index contributed by atoms with van der Waals surface area (Å²) in [5, 5.41) is 18.7. The van der Waals surface area contributed by atoms with Crippen LogP contribution in [0, 0.1) is 0 Å². The fraction of sp³-hybridized carbons (Fsp3) is 0.417. The number of rotatable bonds is 9. The van der Waals surface area contributed by atoms with Gasteiger partial charge in [0.15, 0.2) is 5.96 Å². The SMILES string of the molecule is O=C(NCC(NS(=O)(=O)c1cccnc1)C(=O)O)c1ccc(N2CCCC(NC3=NCCCN3)C2)cc1. The topological polar surface area (TPSA) is 165 Å². The van der Waals surface area contributed by atoms with E-state index < -0.39 is 34.5 Å². The summed E-state index contributed by atoms with van der Waals surface area (Å²) in [6.45, 7) is 3.05. The zero-order chi connectivity index (χ0) is 26.3. The number of guanidine groups is 1. The van der Waals surface area contributed by atoms with Gasteiger partial charge in [0, 0.05) is 62.4 Å². The van der Waals surface area contributed by atoms with E-state index >= 15 is 0 Å². The summed E-state index contributed by atoms with van der Waals surface area (Å²) in [5.41, 5.74) is 1.32. The number of carbonyl (C=O) groups is 2. The van der Waals surface area contributed by atoms with Crippen molar-refractivity contribution in [3.05, 3.63) is 54.4 Å². The number of pyridine rings is 1. The van der Waals surface area contributed by atoms with Gasteiger partial charge in [0.25, 0.3) is 5.91 Å². The lowest BCUT2D eigenvalue weighted by Gasteiger charge is -2.35. The molecular weight excluding hydrogens is 498 g/mol. The summed E-state index contributed by atoms with van der Waals surface area (Å²) >= 11 is 0. The lowest BCUT2D eigenvalue weighted by atomic mass is 10.0. The summed E-state index contributed by atoms with van der Waals surface area (Å²) in [6.07, 6.45) is 5.64. The molecule has 1 aromatic heterocycles. The first-order chi connectivity index (χ1) is 17.8. The maximum absolute atomic E-state index is 12.6. The first-order valence-electron chi connectivity index (χ1n) is 12.1. The Labute approximate surface area is 215 Å². The van der Waals surface area contributed by atoms with Crippen molar-refractivity contribution >= 4 is 33.5 Å². The summed E-state index contributed by atoms with van der Waals surface area (Å²) in [4.78, 5) is 34.6. The van der Waals surface area contributed by atoms with Crippen LogP contribution < -0.4 is 25.6 Å². The summed E-state index contributed by atoms with van der Waals surface area (Å²) in [5.74, 6) is -1.06. The van der Waals surface area contributed by atoms with Gasteiger partial charge in [-0.2, -0.15) is 4.72 Å². The van der Waals surface area contributed by atoms with Gasteiger partial charge in [-0.15, -0.1) is 0 Å². The molecule has 13 heteroatoms. The number of aliphatic carboxylic acids is 1. The molecule has 1 aromatic carbocycles. The highest BCUT2D eigenvalue weighted by Crippen LogP contribution is 2.21. The Bertz CT molecular complexity index is 1220. The van der Waals surface area contributed by atoms with Crippen LogP contribution in [0.5, 0.6) is 0 Å². The predicted molar refractivity (Wildman–Crippen MR) is 138 cm³/mol. The first kappa shape index (κ1) is 26.4. The molecule has 3 heterocycles. The number of amides is 1. The minimum Gasteiger partial charge on any atom is -0.480 e. The van der Waals surface area contributed by atoms with Gasteiger partial charge in [0.05, 0.1) is 0 Å². The molecule has 0 saturated carbocycles. The molecule has 5 N–H and O–H groups in total. The minimum atomic E-state index is -4.12. The van der Waals surface area contributed by atoms with E-state index in [0.717, 1.165) is 63.3 Å². The third kappa shape index (κ3) is 7.17. The molecule has 2 atom stereocenters. The molecule has 2 aliphatic heterocycles. The molecule has 2 unspecified atom stereocenters. The van der Waals surface area contributed by atoms with Crippen molar-refractivity contribution in [3.63, 3.8) is 0 Å². The maximum Gasteiger partial charge on any atom is 0.323 e. The standard InChI is InChI=1S/C24H31N7O5S/c32-22(28-15-21(23(33)34)30-37(35,36)20-5-1-10-25-14-20)17-6-8-19(9-7-17)31-13-2-4-18(16-31)29-24-26-11-3-12-27-24/h1,5-10,14,18,21,30H,2-4,11-13,15-16H2,(H,28,32)(H,33,34)(H2,26,27,29). The van der Waals surface area contributed by atoms with Crippen LogP contribution in [0.1, 0.15) is 29.6 Å². The fourth-order valence-corrected chi connectivity index (χ4v) is 5.37. The summed E-state index contributed by atoms with van der Waals surface area (Å²) in [6, 6.07) is 8.50. The van der Waals surface area contributed by atoms with E-state index in [-0.39, 0.29) is 10.9 Å². The van der Waals surface area contributed by atoms with E-state index in [0.29, 0.717) is 5.56 Å². The number of carboxylic acids is 1. The Morgan fingerprint density at radius 2 is 2.00 bits per heavy atom. The number of sulfonamides is 1. The van der Waals surface area contributed by atoms with Crippen LogP contribution in [-0.4, -0.2) is 81.2 Å². The van der Waals surface area contributed by atoms with E-state index in [2.05, 4.69) is 35.5 Å². The van der Waals surface area contributed by atoms with Gasteiger partial charge in [-0.3, -0.25) is 19.6 Å². The molecule has 0 aliphatic carbocycles. The van der Waals surface area contributed by atoms with Crippen molar-refractivity contribution in [2.75, 3.05) is 37.6 Å². The number of aliphatic imine (C=N–C) groups is 1. The number of benzene rings is 1. The highest BCUT2D eigenvalue weighted by Gasteiger charge is 2.26. The van der Waals surface area contributed by atoms with E-state index in [1.54, 1.807) is 12.1 Å². The van der Waals surface area contributed by atoms with Gasteiger partial charge in [-0.1, -0.05) is 0 Å². The number of piperidine rings is 1. The number of nitrogens with one attached hydrogen (secondary N) is 4. The van der Waals surface area contributed by atoms with Crippen LogP contribution in [0.3, 0.4) is 0 Å². The molecule has 1 amide bonds. The second-order valence-corrected chi connectivity index (χ2v) is 10.6. The van der Waals surface area contributed by atoms with E-state index in [1.165, 1.54) is 18.3 Å². The Morgan fingerprint density at radius 3 is 2.68 bits per heavy atom. The molecule has 0 bridgehead atoms. The minimum absolute atomic E-state index is 0.165. The van der Waals surface area contributed by atoms with Crippen molar-refractivity contribution in [3.8, 4) is 0 Å². The monoisotopic (exact) mass is 529 g/mol. The van der Waals surface area contributed by atoms with Crippen molar-refractivity contribution in [2.45, 2.75) is 36.2 Å². The van der Waals surface area contributed by atoms with E-state index in [4.69, 9.17) is 0 Å². The van der Waals surface area contributed by atoms with Crippen molar-refractivity contribution in [1.82, 2.24) is 25.7 Å². The van der Waals surface area contributed by atoms with Gasteiger partial charge in [-0.25, -0.2) is 8.42 Å². The lowest BCUT2D eigenvalue weighted by Crippen LogP contribution is -2.52. The van der Waals surface area contributed by atoms with Crippen molar-refractivity contribution in [2.24, 2.45) is 4.99 Å². The number of hydrogen-bond acceptors (Lipinski definition) is 9. The Balaban J connectivity index is 1.32. The van der Waals surface area contributed by atoms with Crippen LogP contribution in [-0.2, 0) is 14.8 Å². The molecule has 37 heavy (non-hydrogen) atoms. The van der Waals surface area contributed by atoms with E-state index in [1.807, 2.05) is 12.1 Å². The molecular formula is C24H31N7O5S. The molecule has 2 aromatic rings. The largest absolute Gasteiger partial charge is 0.480 e. The molecule has 12 nitrogen and oxygen atoms in total. The lowest BCUT2D eigenvalue weighted by molar-refractivity contribution is -0.138. The maximum atomic E-state index is 12.6. The zero-order valence-corrected chi connectivity index (χ0v) is 21.1. The second kappa shape index (κ2) is 12.0. The number of anilines is 1. The summed E-state index contributed by atoms with van der Waals surface area (Å²) in [7, 11) is -4.12. The Hall–Kier alpha value is -3.71. The molecule has 4 rings (SSSR count). The average Bonchev–Trinajstić information content (AvgIpc) is 2.92. The van der Waals surface area contributed by atoms with Crippen LogP contribution in [0.4, 0.5) is 5.69 Å². The smallest absolute Gasteiger partial charge is 0.323 e. The highest BCUT2D eigenvalue weighted by atomic mass is 32.2. The number of aromatic nitrogens is 1. The molecule has 1 fully saturated rings. The molecule has 198 valence electrons. The van der Waals surface area contributed by atoms with Crippen LogP contribution >= 0.6 is 0 Å². The van der Waals surface area contributed by atoms with Gasteiger partial charge in [0.1, 0.15) is 10.9 Å². The molecule has 2 aliphatic rings. The molecule has 0 spiro atoms. The van der Waals surface area contributed by atoms with Gasteiger partial charge >= 0.3 is 5.97 Å². The summed E-state index contributed by atoms with van der Waals surface area (Å²) < 4.78 is 27.0. The van der Waals surface area contributed by atoms with Crippen LogP contribution in [0.15, 0.2) is 58.7 Å². The van der Waals surface area contributed by atoms with Crippen LogP contribution in [0.2, 0.25) is 0 Å². The van der Waals surface area contributed by atoms with E-state index in [9.17, 15) is 23.1 Å². The fourth-order valence-electron chi connectivity index (χ4n) is 4.21. The molecule has 1 saturated heterocycles. The molecule has 0 radical (unpaired) electrons. The van der Waals surface area contributed by atoms with Gasteiger partial charge in [0.2, 0.25) is 10.0 Å². The number of hydrogen-bond donors (Lipinski definition) is 5.